The maximum absolute atomic E-state index is 10.5. The zero-order valence-electron chi connectivity index (χ0n) is 11.2. The minimum Gasteiger partial charge on any atom is -0.373 e. The Kier molecular flexibility index (Phi) is 3.79. The minimum absolute atomic E-state index is 0.00405. The highest BCUT2D eigenvalue weighted by molar-refractivity contribution is 5.40. The molecule has 1 aromatic rings. The molecule has 0 spiro atoms. The van der Waals surface area contributed by atoms with E-state index in [0.29, 0.717) is 18.4 Å². The van der Waals surface area contributed by atoms with Gasteiger partial charge >= 0.3 is 0 Å². The summed E-state index contributed by atoms with van der Waals surface area (Å²) in [6.07, 6.45) is 3.92. The fourth-order valence-electron chi connectivity index (χ4n) is 2.83. The topological polar surface area (TPSA) is 80.5 Å². The molecule has 7 heteroatoms. The van der Waals surface area contributed by atoms with E-state index < -0.39 is 4.92 Å². The molecular weight excluding hydrogens is 260 g/mol. The summed E-state index contributed by atoms with van der Waals surface area (Å²) >= 11 is 0. The van der Waals surface area contributed by atoms with Gasteiger partial charge in [0, 0.05) is 25.2 Å². The van der Waals surface area contributed by atoms with Gasteiger partial charge < -0.3 is 10.1 Å². The number of rotatable bonds is 4. The maximum Gasteiger partial charge on any atom is 0.287 e. The summed E-state index contributed by atoms with van der Waals surface area (Å²) < 4.78 is 5.84. The number of ether oxygens (including phenoxy) is 1. The van der Waals surface area contributed by atoms with Crippen LogP contribution in [0.25, 0.3) is 0 Å². The lowest BCUT2D eigenvalue weighted by Gasteiger charge is -2.35. The van der Waals surface area contributed by atoms with E-state index in [1.807, 2.05) is 0 Å². The molecule has 3 rings (SSSR count). The van der Waals surface area contributed by atoms with Gasteiger partial charge in [-0.05, 0) is 25.5 Å². The summed E-state index contributed by atoms with van der Waals surface area (Å²) in [4.78, 5) is 16.6. The third-order valence-electron chi connectivity index (χ3n) is 3.93. The molecule has 2 unspecified atom stereocenters. The number of hydrogen-bond donors (Lipinski definition) is 1. The van der Waals surface area contributed by atoms with Crippen LogP contribution in [0.1, 0.15) is 12.8 Å². The molecule has 2 aliphatic heterocycles. The van der Waals surface area contributed by atoms with Crippen LogP contribution in [-0.2, 0) is 4.74 Å². The second kappa shape index (κ2) is 5.72. The molecule has 1 aromatic heterocycles. The Morgan fingerprint density at radius 2 is 2.45 bits per heavy atom. The number of morpholine rings is 1. The quantitative estimate of drug-likeness (QED) is 0.660. The number of nitrogens with zero attached hydrogens (tertiary/aromatic N) is 3. The lowest BCUT2D eigenvalue weighted by Crippen LogP contribution is -2.48. The van der Waals surface area contributed by atoms with Gasteiger partial charge in [-0.25, -0.2) is 4.98 Å². The molecule has 2 atom stereocenters. The average Bonchev–Trinajstić information content (AvgIpc) is 2.93. The molecule has 20 heavy (non-hydrogen) atoms. The third-order valence-corrected chi connectivity index (χ3v) is 3.93. The Labute approximate surface area is 117 Å². The monoisotopic (exact) mass is 278 g/mol. The third kappa shape index (κ3) is 2.88. The molecule has 7 nitrogen and oxygen atoms in total. The van der Waals surface area contributed by atoms with Crippen molar-refractivity contribution >= 4 is 11.5 Å². The number of hydrogen-bond acceptors (Lipinski definition) is 6. The van der Waals surface area contributed by atoms with E-state index in [4.69, 9.17) is 4.74 Å². The van der Waals surface area contributed by atoms with Crippen LogP contribution in [0.4, 0.5) is 11.5 Å². The number of nitro groups is 1. The van der Waals surface area contributed by atoms with E-state index in [-0.39, 0.29) is 11.8 Å². The van der Waals surface area contributed by atoms with Crippen LogP contribution in [0.15, 0.2) is 18.3 Å². The fourth-order valence-corrected chi connectivity index (χ4v) is 2.83. The Bertz CT molecular complexity index is 479. The van der Waals surface area contributed by atoms with Crippen molar-refractivity contribution in [3.8, 4) is 0 Å². The van der Waals surface area contributed by atoms with Gasteiger partial charge in [-0.3, -0.25) is 15.0 Å². The molecule has 2 saturated heterocycles. The van der Waals surface area contributed by atoms with Crippen LogP contribution >= 0.6 is 0 Å². The van der Waals surface area contributed by atoms with E-state index >= 15 is 0 Å². The number of nitrogens with one attached hydrogen (secondary N) is 1. The Hall–Kier alpha value is -1.73. The predicted molar refractivity (Wildman–Crippen MR) is 73.7 cm³/mol. The second-order valence-electron chi connectivity index (χ2n) is 5.29. The van der Waals surface area contributed by atoms with E-state index in [1.54, 1.807) is 6.07 Å². The van der Waals surface area contributed by atoms with Crippen molar-refractivity contribution in [2.45, 2.75) is 25.0 Å². The zero-order valence-corrected chi connectivity index (χ0v) is 11.2. The largest absolute Gasteiger partial charge is 0.373 e. The summed E-state index contributed by atoms with van der Waals surface area (Å²) in [5.74, 6) is 0.641. The minimum atomic E-state index is -0.450. The van der Waals surface area contributed by atoms with Crippen molar-refractivity contribution in [3.63, 3.8) is 0 Å². The normalized spacial score (nSPS) is 26.2. The first-order chi connectivity index (χ1) is 9.72. The van der Waals surface area contributed by atoms with Crippen LogP contribution < -0.4 is 5.32 Å². The molecule has 0 amide bonds. The molecule has 3 heterocycles. The van der Waals surface area contributed by atoms with Crippen LogP contribution in [-0.4, -0.2) is 53.2 Å². The molecule has 0 bridgehead atoms. The highest BCUT2D eigenvalue weighted by atomic mass is 16.6. The van der Waals surface area contributed by atoms with Crippen molar-refractivity contribution in [1.82, 2.24) is 9.88 Å². The van der Waals surface area contributed by atoms with Crippen molar-refractivity contribution in [2.75, 3.05) is 31.6 Å². The maximum atomic E-state index is 10.5. The van der Waals surface area contributed by atoms with Gasteiger partial charge in [0.25, 0.3) is 5.69 Å². The number of anilines is 1. The first kappa shape index (κ1) is 13.3. The van der Waals surface area contributed by atoms with Crippen molar-refractivity contribution < 1.29 is 9.66 Å². The Morgan fingerprint density at radius 3 is 3.20 bits per heavy atom. The standard InChI is InChI=1S/C13H18N4O3/c18-17(19)10-3-4-13(14-6-10)15-7-12-8-16-5-1-2-11(16)9-20-12/h3-4,6,11-12H,1-2,5,7-9H2,(H,14,15). The van der Waals surface area contributed by atoms with Gasteiger partial charge in [-0.1, -0.05) is 0 Å². The smallest absolute Gasteiger partial charge is 0.287 e. The van der Waals surface area contributed by atoms with E-state index in [0.717, 1.165) is 13.2 Å². The summed E-state index contributed by atoms with van der Waals surface area (Å²) in [7, 11) is 0. The number of aromatic nitrogens is 1. The van der Waals surface area contributed by atoms with Crippen molar-refractivity contribution in [1.29, 1.82) is 0 Å². The van der Waals surface area contributed by atoms with Crippen LogP contribution in [0, 0.1) is 10.1 Å². The van der Waals surface area contributed by atoms with Crippen LogP contribution in [0.5, 0.6) is 0 Å². The van der Waals surface area contributed by atoms with Gasteiger partial charge in [-0.2, -0.15) is 0 Å². The van der Waals surface area contributed by atoms with Crippen LogP contribution in [0.2, 0.25) is 0 Å². The Balaban J connectivity index is 1.50. The highest BCUT2D eigenvalue weighted by Gasteiger charge is 2.31. The zero-order chi connectivity index (χ0) is 13.9. The number of pyridine rings is 1. The van der Waals surface area contributed by atoms with E-state index in [1.165, 1.54) is 31.6 Å². The fraction of sp³-hybridized carbons (Fsp3) is 0.615. The summed E-state index contributed by atoms with van der Waals surface area (Å²) in [5.41, 5.74) is 0.00405. The molecule has 1 N–H and O–H groups in total. The van der Waals surface area contributed by atoms with Gasteiger partial charge in [0.1, 0.15) is 12.0 Å². The second-order valence-corrected chi connectivity index (χ2v) is 5.29. The molecule has 2 aliphatic rings. The van der Waals surface area contributed by atoms with Crippen molar-refractivity contribution in [2.24, 2.45) is 0 Å². The van der Waals surface area contributed by atoms with Crippen LogP contribution in [0.3, 0.4) is 0 Å². The number of fused-ring (bicyclic) bond motifs is 1. The highest BCUT2D eigenvalue weighted by Crippen LogP contribution is 2.22. The molecule has 0 aliphatic carbocycles. The summed E-state index contributed by atoms with van der Waals surface area (Å²) in [5, 5.41) is 13.7. The molecule has 0 saturated carbocycles. The van der Waals surface area contributed by atoms with Gasteiger partial charge in [0.2, 0.25) is 0 Å². The van der Waals surface area contributed by atoms with Gasteiger partial charge in [0.15, 0.2) is 0 Å². The first-order valence-electron chi connectivity index (χ1n) is 6.92. The summed E-state index contributed by atoms with van der Waals surface area (Å²) in [6.45, 7) is 3.60. The molecule has 0 radical (unpaired) electrons. The Morgan fingerprint density at radius 1 is 1.55 bits per heavy atom. The van der Waals surface area contributed by atoms with Gasteiger partial charge in [-0.15, -0.1) is 0 Å². The average molecular weight is 278 g/mol. The predicted octanol–water partition coefficient (Wildman–Crippen LogP) is 1.26. The van der Waals surface area contributed by atoms with E-state index in [2.05, 4.69) is 15.2 Å². The lowest BCUT2D eigenvalue weighted by atomic mass is 10.2. The summed E-state index contributed by atoms with van der Waals surface area (Å²) in [6, 6.07) is 3.68. The van der Waals surface area contributed by atoms with Gasteiger partial charge in [0.05, 0.1) is 17.6 Å². The molecular formula is C13H18N4O3. The van der Waals surface area contributed by atoms with E-state index in [9.17, 15) is 10.1 Å². The lowest BCUT2D eigenvalue weighted by molar-refractivity contribution is -0.385. The SMILES string of the molecule is O=[N+]([O-])c1ccc(NCC2CN3CCCC3CO2)nc1. The molecule has 0 aromatic carbocycles. The van der Waals surface area contributed by atoms with Crippen molar-refractivity contribution in [3.05, 3.63) is 28.4 Å². The molecule has 2 fully saturated rings. The molecule has 108 valence electrons. The first-order valence-corrected chi connectivity index (χ1v) is 6.92.